The Hall–Kier alpha value is -0.860. The van der Waals surface area contributed by atoms with Crippen molar-refractivity contribution in [2.45, 2.75) is 13.8 Å². The third-order valence-corrected chi connectivity index (χ3v) is 0.711. The summed E-state index contributed by atoms with van der Waals surface area (Å²) in [5.41, 5.74) is 2.53. The molecule has 0 spiro atoms. The van der Waals surface area contributed by atoms with Crippen LogP contribution in [0, 0.1) is 5.92 Å². The first-order valence-corrected chi connectivity index (χ1v) is 2.97. The molecular weight excluding hydrogens is 114 g/mol. The van der Waals surface area contributed by atoms with Crippen molar-refractivity contribution in [3.63, 3.8) is 0 Å². The highest BCUT2D eigenvalue weighted by molar-refractivity contribution is 5.54. The first-order valence-electron chi connectivity index (χ1n) is 2.97. The minimum absolute atomic E-state index is 0.605. The van der Waals surface area contributed by atoms with E-state index in [1.165, 1.54) is 0 Å². The van der Waals surface area contributed by atoms with Gasteiger partial charge in [-0.3, -0.25) is 10.4 Å². The van der Waals surface area contributed by atoms with Crippen LogP contribution in [0.4, 0.5) is 0 Å². The van der Waals surface area contributed by atoms with Crippen LogP contribution in [0.1, 0.15) is 13.8 Å². The van der Waals surface area contributed by atoms with Crippen LogP contribution in [-0.2, 0) is 0 Å². The van der Waals surface area contributed by atoms with Crippen molar-refractivity contribution < 1.29 is 0 Å². The molecule has 0 aliphatic rings. The first kappa shape index (κ1) is 8.14. The fraction of sp³-hybridized carbons (Fsp3) is 0.667. The molecule has 1 N–H and O–H groups in total. The summed E-state index contributed by atoms with van der Waals surface area (Å²) in [6, 6.07) is 0. The third kappa shape index (κ3) is 7.14. The fourth-order valence-corrected chi connectivity index (χ4v) is 0.345. The maximum atomic E-state index is 3.99. The van der Waals surface area contributed by atoms with E-state index in [1.54, 1.807) is 6.34 Å². The molecule has 9 heavy (non-hydrogen) atoms. The van der Waals surface area contributed by atoms with E-state index >= 15 is 0 Å². The summed E-state index contributed by atoms with van der Waals surface area (Å²) in [5, 5.41) is 3.38. The van der Waals surface area contributed by atoms with Gasteiger partial charge in [0.05, 0.1) is 0 Å². The quantitative estimate of drug-likeness (QED) is 0.339. The number of aliphatic imine (C=N–C) groups is 1. The highest BCUT2D eigenvalue weighted by Crippen LogP contribution is 1.88. The van der Waals surface area contributed by atoms with E-state index in [-0.39, 0.29) is 0 Å². The lowest BCUT2D eigenvalue weighted by molar-refractivity contribution is 0.665. The van der Waals surface area contributed by atoms with Crippen molar-refractivity contribution in [1.29, 1.82) is 0 Å². The van der Waals surface area contributed by atoms with Crippen molar-refractivity contribution in [2.24, 2.45) is 16.0 Å². The van der Waals surface area contributed by atoms with Gasteiger partial charge in [-0.15, -0.1) is 0 Å². The Balaban J connectivity index is 3.14. The van der Waals surface area contributed by atoms with Crippen LogP contribution in [0.2, 0.25) is 0 Å². The molecule has 0 heterocycles. The average Bonchev–Trinajstić information content (AvgIpc) is 1.80. The van der Waals surface area contributed by atoms with Crippen molar-refractivity contribution in [2.75, 3.05) is 6.54 Å². The lowest BCUT2D eigenvalue weighted by atomic mass is 10.2. The minimum atomic E-state index is 0.605. The normalized spacial score (nSPS) is 10.6. The van der Waals surface area contributed by atoms with E-state index in [4.69, 9.17) is 0 Å². The predicted octanol–water partition coefficient (Wildman–Crippen LogP) is 0.876. The molecule has 0 atom stereocenters. The summed E-state index contributed by atoms with van der Waals surface area (Å²) in [7, 11) is 0. The monoisotopic (exact) mass is 127 g/mol. The molecule has 0 unspecified atom stereocenters. The van der Waals surface area contributed by atoms with Crippen LogP contribution < -0.4 is 5.43 Å². The zero-order valence-corrected chi connectivity index (χ0v) is 5.96. The molecule has 0 aromatic heterocycles. The van der Waals surface area contributed by atoms with E-state index < -0.39 is 0 Å². The van der Waals surface area contributed by atoms with Gasteiger partial charge < -0.3 is 0 Å². The smallest absolute Gasteiger partial charge is 0.103 e. The number of rotatable bonds is 4. The van der Waals surface area contributed by atoms with Gasteiger partial charge in [0.2, 0.25) is 0 Å². The molecule has 0 fully saturated rings. The van der Waals surface area contributed by atoms with Crippen LogP contribution >= 0.6 is 0 Å². The Kier molecular flexibility index (Phi) is 4.78. The molecular formula is C6H13N3. The Bertz CT molecular complexity index is 96.5. The van der Waals surface area contributed by atoms with Crippen molar-refractivity contribution in [3.8, 4) is 0 Å². The second kappa shape index (κ2) is 5.28. The van der Waals surface area contributed by atoms with Crippen LogP contribution in [0.25, 0.3) is 0 Å². The lowest BCUT2D eigenvalue weighted by Crippen LogP contribution is -2.02. The zero-order valence-electron chi connectivity index (χ0n) is 5.96. The number of hydrogen-bond donors (Lipinski definition) is 1. The predicted molar refractivity (Wildman–Crippen MR) is 40.9 cm³/mol. The van der Waals surface area contributed by atoms with Crippen LogP contribution in [0.15, 0.2) is 10.1 Å². The second-order valence-corrected chi connectivity index (χ2v) is 2.18. The largest absolute Gasteiger partial charge is 0.274 e. The maximum Gasteiger partial charge on any atom is 0.103 e. The second-order valence-electron chi connectivity index (χ2n) is 2.18. The van der Waals surface area contributed by atoms with Crippen LogP contribution in [-0.4, -0.2) is 19.6 Å². The molecule has 0 aliphatic heterocycles. The van der Waals surface area contributed by atoms with Crippen molar-refractivity contribution >= 4 is 13.1 Å². The average molecular weight is 127 g/mol. The van der Waals surface area contributed by atoms with Gasteiger partial charge in [-0.25, -0.2) is 0 Å². The van der Waals surface area contributed by atoms with E-state index in [9.17, 15) is 0 Å². The summed E-state index contributed by atoms with van der Waals surface area (Å²) >= 11 is 0. The van der Waals surface area contributed by atoms with E-state index in [2.05, 4.69) is 36.1 Å². The fourth-order valence-electron chi connectivity index (χ4n) is 0.345. The number of hydrazone groups is 1. The highest BCUT2D eigenvalue weighted by atomic mass is 15.3. The van der Waals surface area contributed by atoms with E-state index in [1.807, 2.05) is 0 Å². The van der Waals surface area contributed by atoms with E-state index in [0.29, 0.717) is 5.92 Å². The molecule has 0 bridgehead atoms. The summed E-state index contributed by atoms with van der Waals surface area (Å²) in [6.45, 7) is 8.28. The molecule has 0 aromatic carbocycles. The number of hydrogen-bond acceptors (Lipinski definition) is 2. The van der Waals surface area contributed by atoms with Gasteiger partial charge in [0.1, 0.15) is 6.34 Å². The molecule has 0 rings (SSSR count). The van der Waals surface area contributed by atoms with E-state index in [0.717, 1.165) is 6.54 Å². The SMILES string of the molecule is C=NNC=NCC(C)C. The topological polar surface area (TPSA) is 36.8 Å². The summed E-state index contributed by atoms with van der Waals surface area (Å²) in [5.74, 6) is 0.605. The molecule has 0 radical (unpaired) electrons. The minimum Gasteiger partial charge on any atom is -0.274 e. The molecule has 0 aromatic rings. The standard InChI is InChI=1S/C6H13N3/c1-6(2)4-8-5-9-7-3/h5-6H,3-4H2,1-2H3,(H,8,9). The van der Waals surface area contributed by atoms with Gasteiger partial charge in [-0.05, 0) is 5.92 Å². The molecule has 0 saturated heterocycles. The van der Waals surface area contributed by atoms with Crippen molar-refractivity contribution in [1.82, 2.24) is 5.43 Å². The zero-order chi connectivity index (χ0) is 7.11. The lowest BCUT2D eigenvalue weighted by Gasteiger charge is -1.95. The van der Waals surface area contributed by atoms with Crippen LogP contribution in [0.5, 0.6) is 0 Å². The Morgan fingerprint density at radius 3 is 2.78 bits per heavy atom. The summed E-state index contributed by atoms with van der Waals surface area (Å²) in [4.78, 5) is 3.99. The maximum absolute atomic E-state index is 3.99. The van der Waals surface area contributed by atoms with Gasteiger partial charge in [0.25, 0.3) is 0 Å². The first-order chi connectivity index (χ1) is 4.27. The number of nitrogens with one attached hydrogen (secondary N) is 1. The molecule has 0 aliphatic carbocycles. The number of nitrogens with zero attached hydrogens (tertiary/aromatic N) is 2. The highest BCUT2D eigenvalue weighted by Gasteiger charge is 1.85. The molecule has 3 nitrogen and oxygen atoms in total. The molecule has 52 valence electrons. The summed E-state index contributed by atoms with van der Waals surface area (Å²) in [6.07, 6.45) is 1.55. The van der Waals surface area contributed by atoms with Gasteiger partial charge in [-0.1, -0.05) is 13.8 Å². The van der Waals surface area contributed by atoms with Gasteiger partial charge in [0, 0.05) is 13.3 Å². The Morgan fingerprint density at radius 1 is 1.67 bits per heavy atom. The summed E-state index contributed by atoms with van der Waals surface area (Å²) < 4.78 is 0. The molecule has 3 heteroatoms. The Labute approximate surface area is 55.9 Å². The third-order valence-electron chi connectivity index (χ3n) is 0.711. The molecule has 0 amide bonds. The van der Waals surface area contributed by atoms with Crippen molar-refractivity contribution in [3.05, 3.63) is 0 Å². The molecule has 0 saturated carbocycles. The van der Waals surface area contributed by atoms with Gasteiger partial charge >= 0.3 is 0 Å². The van der Waals surface area contributed by atoms with Gasteiger partial charge in [0.15, 0.2) is 0 Å². The Morgan fingerprint density at radius 2 is 2.33 bits per heavy atom. The van der Waals surface area contributed by atoms with Gasteiger partial charge in [-0.2, -0.15) is 5.10 Å². The van der Waals surface area contributed by atoms with Crippen LogP contribution in [0.3, 0.4) is 0 Å².